The van der Waals surface area contributed by atoms with Crippen LogP contribution in [0.2, 0.25) is 0 Å². The lowest BCUT2D eigenvalue weighted by Crippen LogP contribution is -2.62. The second kappa shape index (κ2) is 5.63. The first kappa shape index (κ1) is 14.5. The van der Waals surface area contributed by atoms with Crippen molar-refractivity contribution in [1.82, 2.24) is 5.32 Å². The summed E-state index contributed by atoms with van der Waals surface area (Å²) in [7, 11) is 0. The number of hydrogen-bond acceptors (Lipinski definition) is 2. The fourth-order valence-corrected chi connectivity index (χ4v) is 3.58. The van der Waals surface area contributed by atoms with Crippen LogP contribution in [-0.4, -0.2) is 23.9 Å². The molecule has 2 atom stereocenters. The molecule has 1 aromatic carbocycles. The van der Waals surface area contributed by atoms with Crippen molar-refractivity contribution in [3.8, 4) is 0 Å². The molecular formula is C13H14Br2N2O2. The minimum atomic E-state index is -0.505. The van der Waals surface area contributed by atoms with Gasteiger partial charge in [-0.1, -0.05) is 13.0 Å². The molecular weight excluding hydrogens is 376 g/mol. The molecule has 1 fully saturated rings. The van der Waals surface area contributed by atoms with Crippen LogP contribution in [0.15, 0.2) is 27.1 Å². The molecule has 1 N–H and O–H groups in total. The zero-order valence-electron chi connectivity index (χ0n) is 10.6. The molecule has 2 amide bonds. The van der Waals surface area contributed by atoms with Crippen LogP contribution in [0, 0.1) is 0 Å². The number of para-hydroxylation sites is 1. The molecule has 19 heavy (non-hydrogen) atoms. The topological polar surface area (TPSA) is 49.4 Å². The molecule has 2 unspecified atom stereocenters. The summed E-state index contributed by atoms with van der Waals surface area (Å²) in [5, 5.41) is 2.71. The van der Waals surface area contributed by atoms with Crippen molar-refractivity contribution in [2.24, 2.45) is 0 Å². The number of piperazine rings is 1. The van der Waals surface area contributed by atoms with Crippen LogP contribution >= 0.6 is 31.9 Å². The minimum absolute atomic E-state index is 0.0981. The highest BCUT2D eigenvalue weighted by Gasteiger charge is 2.39. The third kappa shape index (κ3) is 2.56. The van der Waals surface area contributed by atoms with Crippen LogP contribution in [0.4, 0.5) is 5.69 Å². The SMILES string of the molecule is CCC1C(=O)NC(C)C(=O)N1c1c(Br)cccc1Br. The van der Waals surface area contributed by atoms with E-state index in [1.807, 2.05) is 25.1 Å². The van der Waals surface area contributed by atoms with Gasteiger partial charge in [-0.3, -0.25) is 14.5 Å². The highest BCUT2D eigenvalue weighted by molar-refractivity contribution is 9.11. The molecule has 102 valence electrons. The summed E-state index contributed by atoms with van der Waals surface area (Å²) >= 11 is 6.90. The van der Waals surface area contributed by atoms with Crippen molar-refractivity contribution in [2.75, 3.05) is 4.90 Å². The van der Waals surface area contributed by atoms with Crippen LogP contribution in [-0.2, 0) is 9.59 Å². The third-order valence-corrected chi connectivity index (χ3v) is 4.43. The van der Waals surface area contributed by atoms with Crippen molar-refractivity contribution < 1.29 is 9.59 Å². The Morgan fingerprint density at radius 1 is 1.26 bits per heavy atom. The highest BCUT2D eigenvalue weighted by atomic mass is 79.9. The van der Waals surface area contributed by atoms with Gasteiger partial charge in [-0.15, -0.1) is 0 Å². The summed E-state index contributed by atoms with van der Waals surface area (Å²) in [6.07, 6.45) is 0.568. The number of amides is 2. The van der Waals surface area contributed by atoms with E-state index in [4.69, 9.17) is 0 Å². The number of nitrogens with one attached hydrogen (secondary N) is 1. The summed E-state index contributed by atoms with van der Waals surface area (Å²) in [5.41, 5.74) is 0.709. The number of anilines is 1. The Balaban J connectivity index is 2.55. The number of carbonyl (C=O) groups is 2. The van der Waals surface area contributed by atoms with E-state index in [1.54, 1.807) is 11.8 Å². The second-order valence-corrected chi connectivity index (χ2v) is 6.14. The molecule has 1 heterocycles. The summed E-state index contributed by atoms with van der Waals surface area (Å²) in [5.74, 6) is -0.212. The van der Waals surface area contributed by atoms with E-state index in [1.165, 1.54) is 0 Å². The predicted octanol–water partition coefficient (Wildman–Crippen LogP) is 2.84. The maximum Gasteiger partial charge on any atom is 0.250 e. The van der Waals surface area contributed by atoms with Crippen LogP contribution in [0.5, 0.6) is 0 Å². The first-order chi connectivity index (χ1) is 8.97. The molecule has 6 heteroatoms. The quantitative estimate of drug-likeness (QED) is 0.845. The van der Waals surface area contributed by atoms with Crippen LogP contribution in [0.25, 0.3) is 0 Å². The van der Waals surface area contributed by atoms with E-state index in [0.717, 1.165) is 8.95 Å². The standard InChI is InChI=1S/C13H14Br2N2O2/c1-3-10-12(18)16-7(2)13(19)17(10)11-8(14)5-4-6-9(11)15/h4-7,10H,3H2,1-2H3,(H,16,18). The molecule has 2 rings (SSSR count). The molecule has 0 aromatic heterocycles. The molecule has 4 nitrogen and oxygen atoms in total. The lowest BCUT2D eigenvalue weighted by atomic mass is 10.0. The zero-order chi connectivity index (χ0) is 14.2. The highest BCUT2D eigenvalue weighted by Crippen LogP contribution is 2.37. The van der Waals surface area contributed by atoms with E-state index in [9.17, 15) is 9.59 Å². The summed E-state index contributed by atoms with van der Waals surface area (Å²) in [4.78, 5) is 26.0. The lowest BCUT2D eigenvalue weighted by molar-refractivity contribution is -0.133. The van der Waals surface area contributed by atoms with Crippen molar-refractivity contribution >= 4 is 49.4 Å². The molecule has 1 aliphatic heterocycles. The molecule has 0 radical (unpaired) electrons. The minimum Gasteiger partial charge on any atom is -0.343 e. The van der Waals surface area contributed by atoms with Crippen LogP contribution in [0.3, 0.4) is 0 Å². The van der Waals surface area contributed by atoms with Gasteiger partial charge in [0.05, 0.1) is 5.69 Å². The number of rotatable bonds is 2. The average molecular weight is 390 g/mol. The van der Waals surface area contributed by atoms with E-state index >= 15 is 0 Å². The number of carbonyl (C=O) groups excluding carboxylic acids is 2. The van der Waals surface area contributed by atoms with Gasteiger partial charge in [0.15, 0.2) is 0 Å². The average Bonchev–Trinajstić information content (AvgIpc) is 2.35. The number of hydrogen-bond donors (Lipinski definition) is 1. The molecule has 1 saturated heterocycles. The monoisotopic (exact) mass is 388 g/mol. The lowest BCUT2D eigenvalue weighted by Gasteiger charge is -2.38. The van der Waals surface area contributed by atoms with Crippen molar-refractivity contribution in [1.29, 1.82) is 0 Å². The van der Waals surface area contributed by atoms with E-state index in [0.29, 0.717) is 12.1 Å². The largest absolute Gasteiger partial charge is 0.343 e. The fraction of sp³-hybridized carbons (Fsp3) is 0.385. The first-order valence-corrected chi connectivity index (χ1v) is 7.63. The maximum absolute atomic E-state index is 12.4. The maximum atomic E-state index is 12.4. The summed E-state index contributed by atoms with van der Waals surface area (Å²) < 4.78 is 1.58. The summed E-state index contributed by atoms with van der Waals surface area (Å²) in [6, 6.07) is 4.61. The Hall–Kier alpha value is -0.880. The molecule has 1 aromatic rings. The van der Waals surface area contributed by atoms with Crippen molar-refractivity contribution in [3.63, 3.8) is 0 Å². The Bertz CT molecular complexity index is 513. The molecule has 1 aliphatic rings. The van der Waals surface area contributed by atoms with Crippen LogP contribution in [0.1, 0.15) is 20.3 Å². The van der Waals surface area contributed by atoms with Gasteiger partial charge in [0.1, 0.15) is 12.1 Å². The molecule has 0 bridgehead atoms. The normalized spacial score (nSPS) is 23.5. The van der Waals surface area contributed by atoms with E-state index < -0.39 is 12.1 Å². The molecule has 0 aliphatic carbocycles. The first-order valence-electron chi connectivity index (χ1n) is 6.04. The van der Waals surface area contributed by atoms with Gasteiger partial charge in [0.25, 0.3) is 0 Å². The fourth-order valence-electron chi connectivity index (χ4n) is 2.20. The number of nitrogens with zero attached hydrogens (tertiary/aromatic N) is 1. The molecule has 0 spiro atoms. The van der Waals surface area contributed by atoms with Gasteiger partial charge in [0, 0.05) is 8.95 Å². The second-order valence-electron chi connectivity index (χ2n) is 4.43. The van der Waals surface area contributed by atoms with Crippen LogP contribution < -0.4 is 10.2 Å². The molecule has 0 saturated carbocycles. The van der Waals surface area contributed by atoms with Gasteiger partial charge < -0.3 is 5.32 Å². The Labute approximate surface area is 128 Å². The Morgan fingerprint density at radius 3 is 2.37 bits per heavy atom. The zero-order valence-corrected chi connectivity index (χ0v) is 13.8. The van der Waals surface area contributed by atoms with Gasteiger partial charge in [-0.05, 0) is 57.3 Å². The van der Waals surface area contributed by atoms with Gasteiger partial charge in [0.2, 0.25) is 11.8 Å². The number of halogens is 2. The van der Waals surface area contributed by atoms with Gasteiger partial charge in [-0.25, -0.2) is 0 Å². The van der Waals surface area contributed by atoms with Crippen molar-refractivity contribution in [2.45, 2.75) is 32.4 Å². The number of benzene rings is 1. The smallest absolute Gasteiger partial charge is 0.250 e. The van der Waals surface area contributed by atoms with E-state index in [-0.39, 0.29) is 11.8 Å². The third-order valence-electron chi connectivity index (χ3n) is 3.15. The summed E-state index contributed by atoms with van der Waals surface area (Å²) in [6.45, 7) is 3.59. The van der Waals surface area contributed by atoms with Gasteiger partial charge in [-0.2, -0.15) is 0 Å². The van der Waals surface area contributed by atoms with Gasteiger partial charge >= 0.3 is 0 Å². The van der Waals surface area contributed by atoms with Crippen molar-refractivity contribution in [3.05, 3.63) is 27.1 Å². The van der Waals surface area contributed by atoms with E-state index in [2.05, 4.69) is 37.2 Å². The Kier molecular flexibility index (Phi) is 4.30. The predicted molar refractivity (Wildman–Crippen MR) is 81.0 cm³/mol. The Morgan fingerprint density at radius 2 is 1.84 bits per heavy atom.